The molecule has 0 aliphatic carbocycles. The lowest BCUT2D eigenvalue weighted by atomic mass is 10.0. The highest BCUT2D eigenvalue weighted by atomic mass is 79.9. The predicted octanol–water partition coefficient (Wildman–Crippen LogP) is 4.63. The third-order valence-corrected chi connectivity index (χ3v) is 4.42. The molecule has 0 heterocycles. The predicted molar refractivity (Wildman–Crippen MR) is 88.4 cm³/mol. The van der Waals surface area contributed by atoms with Crippen LogP contribution in [-0.4, -0.2) is 6.54 Å². The molecule has 0 spiro atoms. The van der Waals surface area contributed by atoms with Crippen LogP contribution in [0.2, 0.25) is 0 Å². The van der Waals surface area contributed by atoms with Gasteiger partial charge in [0.25, 0.3) is 0 Å². The van der Waals surface area contributed by atoms with E-state index in [1.165, 1.54) is 11.1 Å². The Kier molecular flexibility index (Phi) is 5.02. The van der Waals surface area contributed by atoms with Gasteiger partial charge >= 0.3 is 0 Å². The van der Waals surface area contributed by atoms with Crippen LogP contribution in [0.25, 0.3) is 0 Å². The van der Waals surface area contributed by atoms with Gasteiger partial charge in [0.05, 0.1) is 6.04 Å². The first-order valence-corrected chi connectivity index (χ1v) is 7.67. The van der Waals surface area contributed by atoms with Crippen LogP contribution in [0.5, 0.6) is 0 Å². The number of rotatable bonds is 4. The van der Waals surface area contributed by atoms with Crippen molar-refractivity contribution in [2.24, 2.45) is 5.73 Å². The van der Waals surface area contributed by atoms with E-state index in [0.29, 0.717) is 6.54 Å². The minimum absolute atomic E-state index is 0.118. The first kappa shape index (κ1) is 14.6. The van der Waals surface area contributed by atoms with E-state index in [0.717, 1.165) is 14.6 Å². The van der Waals surface area contributed by atoms with Gasteiger partial charge in [-0.2, -0.15) is 0 Å². The summed E-state index contributed by atoms with van der Waals surface area (Å²) in [6, 6.07) is 14.6. The number of benzene rings is 2. The summed E-state index contributed by atoms with van der Waals surface area (Å²) in [5.41, 5.74) is 9.37. The molecule has 2 aromatic carbocycles. The summed E-state index contributed by atoms with van der Waals surface area (Å²) >= 11 is 6.95. The third-order valence-electron chi connectivity index (χ3n) is 3.01. The number of hydrogen-bond donors (Lipinski definition) is 2. The second-order valence-electron chi connectivity index (χ2n) is 4.45. The van der Waals surface area contributed by atoms with Crippen LogP contribution in [0.3, 0.4) is 0 Å². The van der Waals surface area contributed by atoms with Gasteiger partial charge in [0.2, 0.25) is 0 Å². The van der Waals surface area contributed by atoms with E-state index in [9.17, 15) is 0 Å². The van der Waals surface area contributed by atoms with Crippen LogP contribution in [-0.2, 0) is 0 Å². The van der Waals surface area contributed by atoms with Crippen molar-refractivity contribution in [1.82, 2.24) is 0 Å². The summed E-state index contributed by atoms with van der Waals surface area (Å²) in [6.45, 7) is 2.64. The second-order valence-corrected chi connectivity index (χ2v) is 6.22. The van der Waals surface area contributed by atoms with Gasteiger partial charge in [0.1, 0.15) is 0 Å². The van der Waals surface area contributed by atoms with Crippen LogP contribution in [0.1, 0.15) is 17.2 Å². The summed E-state index contributed by atoms with van der Waals surface area (Å²) in [6.07, 6.45) is 0. The average Bonchev–Trinajstić information content (AvgIpc) is 2.41. The summed E-state index contributed by atoms with van der Waals surface area (Å²) in [4.78, 5) is 0. The topological polar surface area (TPSA) is 38.0 Å². The summed E-state index contributed by atoms with van der Waals surface area (Å²) in [5, 5.41) is 3.46. The fourth-order valence-electron chi connectivity index (χ4n) is 1.91. The first-order valence-electron chi connectivity index (χ1n) is 6.08. The SMILES string of the molecule is Cc1cc(C(CN)Nc2ccc(Br)cc2)ccc1Br. The average molecular weight is 384 g/mol. The third kappa shape index (κ3) is 3.81. The molecule has 2 rings (SSSR count). The summed E-state index contributed by atoms with van der Waals surface area (Å²) in [5.74, 6) is 0. The molecule has 0 amide bonds. The molecule has 0 aliphatic heterocycles. The van der Waals surface area contributed by atoms with Crippen LogP contribution >= 0.6 is 31.9 Å². The van der Waals surface area contributed by atoms with Crippen molar-refractivity contribution >= 4 is 37.5 Å². The zero-order valence-electron chi connectivity index (χ0n) is 10.7. The monoisotopic (exact) mass is 382 g/mol. The standard InChI is InChI=1S/C15H16Br2N2/c1-10-8-11(2-7-14(10)17)15(9-18)19-13-5-3-12(16)4-6-13/h2-8,15,19H,9,18H2,1H3. The van der Waals surface area contributed by atoms with Crippen LogP contribution < -0.4 is 11.1 Å². The molecule has 0 aromatic heterocycles. The normalized spacial score (nSPS) is 12.2. The Balaban J connectivity index is 2.19. The highest BCUT2D eigenvalue weighted by Gasteiger charge is 2.10. The number of anilines is 1. The molecule has 3 N–H and O–H groups in total. The van der Waals surface area contributed by atoms with Crippen LogP contribution in [0, 0.1) is 6.92 Å². The van der Waals surface area contributed by atoms with E-state index >= 15 is 0 Å². The van der Waals surface area contributed by atoms with Gasteiger partial charge in [-0.1, -0.05) is 44.0 Å². The van der Waals surface area contributed by atoms with Gasteiger partial charge < -0.3 is 11.1 Å². The van der Waals surface area contributed by atoms with Crippen molar-refractivity contribution in [1.29, 1.82) is 0 Å². The Hall–Kier alpha value is -0.840. The molecule has 0 fully saturated rings. The van der Waals surface area contributed by atoms with Crippen LogP contribution in [0.4, 0.5) is 5.69 Å². The first-order chi connectivity index (χ1) is 9.10. The van der Waals surface area contributed by atoms with Crippen molar-refractivity contribution in [3.63, 3.8) is 0 Å². The lowest BCUT2D eigenvalue weighted by molar-refractivity contribution is 0.788. The maximum Gasteiger partial charge on any atom is 0.0636 e. The maximum absolute atomic E-state index is 5.89. The Bertz CT molecular complexity index is 553. The van der Waals surface area contributed by atoms with Gasteiger partial charge in [-0.05, 0) is 48.4 Å². The molecule has 0 bridgehead atoms. The Morgan fingerprint density at radius 2 is 1.79 bits per heavy atom. The van der Waals surface area contributed by atoms with E-state index in [1.54, 1.807) is 0 Å². The van der Waals surface area contributed by atoms with Gasteiger partial charge in [-0.3, -0.25) is 0 Å². The van der Waals surface area contributed by atoms with E-state index < -0.39 is 0 Å². The molecule has 19 heavy (non-hydrogen) atoms. The van der Waals surface area contributed by atoms with E-state index in [1.807, 2.05) is 24.3 Å². The molecule has 0 aliphatic rings. The zero-order valence-corrected chi connectivity index (χ0v) is 13.8. The molecular formula is C15H16Br2N2. The molecule has 2 aromatic rings. The molecule has 4 heteroatoms. The summed E-state index contributed by atoms with van der Waals surface area (Å²) in [7, 11) is 0. The number of halogens is 2. The minimum atomic E-state index is 0.118. The van der Waals surface area contributed by atoms with Crippen molar-refractivity contribution in [3.8, 4) is 0 Å². The van der Waals surface area contributed by atoms with E-state index in [-0.39, 0.29) is 6.04 Å². The Labute approximate surface area is 130 Å². The van der Waals surface area contributed by atoms with Crippen LogP contribution in [0.15, 0.2) is 51.4 Å². The van der Waals surface area contributed by atoms with Gasteiger partial charge in [-0.15, -0.1) is 0 Å². The molecular weight excluding hydrogens is 368 g/mol. The highest BCUT2D eigenvalue weighted by Crippen LogP contribution is 2.24. The molecule has 1 atom stereocenters. The molecule has 100 valence electrons. The molecule has 1 unspecified atom stereocenters. The Morgan fingerprint density at radius 1 is 1.11 bits per heavy atom. The van der Waals surface area contributed by atoms with Gasteiger partial charge in [0, 0.05) is 21.2 Å². The van der Waals surface area contributed by atoms with E-state index in [2.05, 4.69) is 62.3 Å². The molecule has 0 radical (unpaired) electrons. The molecule has 2 nitrogen and oxygen atoms in total. The largest absolute Gasteiger partial charge is 0.377 e. The quantitative estimate of drug-likeness (QED) is 0.807. The van der Waals surface area contributed by atoms with Gasteiger partial charge in [-0.25, -0.2) is 0 Å². The lowest BCUT2D eigenvalue weighted by Gasteiger charge is -2.19. The highest BCUT2D eigenvalue weighted by molar-refractivity contribution is 9.10. The number of aryl methyl sites for hydroxylation is 1. The summed E-state index contributed by atoms with van der Waals surface area (Å²) < 4.78 is 2.19. The smallest absolute Gasteiger partial charge is 0.0636 e. The van der Waals surface area contributed by atoms with Gasteiger partial charge in [0.15, 0.2) is 0 Å². The van der Waals surface area contributed by atoms with Crippen molar-refractivity contribution in [2.75, 3.05) is 11.9 Å². The zero-order chi connectivity index (χ0) is 13.8. The van der Waals surface area contributed by atoms with Crippen molar-refractivity contribution in [3.05, 3.63) is 62.5 Å². The fraction of sp³-hybridized carbons (Fsp3) is 0.200. The van der Waals surface area contributed by atoms with Crippen molar-refractivity contribution in [2.45, 2.75) is 13.0 Å². The molecule has 0 saturated heterocycles. The number of nitrogens with two attached hydrogens (primary N) is 1. The Morgan fingerprint density at radius 3 is 2.37 bits per heavy atom. The second kappa shape index (κ2) is 6.55. The maximum atomic E-state index is 5.89. The van der Waals surface area contributed by atoms with E-state index in [4.69, 9.17) is 5.73 Å². The molecule has 0 saturated carbocycles. The van der Waals surface area contributed by atoms with Crippen molar-refractivity contribution < 1.29 is 0 Å². The minimum Gasteiger partial charge on any atom is -0.377 e. The lowest BCUT2D eigenvalue weighted by Crippen LogP contribution is -2.20. The number of hydrogen-bond acceptors (Lipinski definition) is 2. The number of nitrogens with one attached hydrogen (secondary N) is 1. The fourth-order valence-corrected chi connectivity index (χ4v) is 2.42.